The van der Waals surface area contributed by atoms with Gasteiger partial charge in [0.2, 0.25) is 0 Å². The second-order valence-corrected chi connectivity index (χ2v) is 9.14. The molecule has 0 radical (unpaired) electrons. The molecule has 0 saturated carbocycles. The number of fused-ring (bicyclic) bond motifs is 1. The zero-order valence-corrected chi connectivity index (χ0v) is 30.3. The molecule has 0 heterocycles. The van der Waals surface area contributed by atoms with Gasteiger partial charge in [0.1, 0.15) is 0 Å². The number of benzene rings is 2. The first kappa shape index (κ1) is 44.6. The van der Waals surface area contributed by atoms with Crippen molar-refractivity contribution in [2.45, 2.75) is 95.0 Å². The largest absolute Gasteiger partial charge is 0.402 e. The molecule has 0 amide bonds. The summed E-state index contributed by atoms with van der Waals surface area (Å²) in [5, 5.41) is 6.13. The summed E-state index contributed by atoms with van der Waals surface area (Å²) in [6.45, 7) is 22.9. The first-order valence-corrected chi connectivity index (χ1v) is 16.7. The van der Waals surface area contributed by atoms with E-state index in [-0.39, 0.29) is 0 Å². The van der Waals surface area contributed by atoms with Crippen LogP contribution >= 0.6 is 0 Å². The van der Waals surface area contributed by atoms with Gasteiger partial charge in [0.15, 0.2) is 0 Å². The van der Waals surface area contributed by atoms with Crippen molar-refractivity contribution in [2.24, 2.45) is 17.4 Å². The van der Waals surface area contributed by atoms with Gasteiger partial charge in [-0.3, -0.25) is 0 Å². The minimum absolute atomic E-state index is 0.468. The molecule has 43 heavy (non-hydrogen) atoms. The van der Waals surface area contributed by atoms with Gasteiger partial charge < -0.3 is 27.0 Å². The van der Waals surface area contributed by atoms with Crippen LogP contribution in [0.3, 0.4) is 0 Å². The summed E-state index contributed by atoms with van der Waals surface area (Å²) < 4.78 is 0. The van der Waals surface area contributed by atoms with Crippen molar-refractivity contribution >= 4 is 17.3 Å². The van der Waals surface area contributed by atoms with Crippen LogP contribution in [-0.4, -0.2) is 34.4 Å². The topological polar surface area (TPSA) is 79.3 Å². The quantitative estimate of drug-likeness (QED) is 0.251. The molecule has 6 N–H and O–H groups in total. The summed E-state index contributed by atoms with van der Waals surface area (Å²) in [7, 11) is 6.03. The molecule has 1 atom stereocenters. The Balaban J connectivity index is -0.000000554. The van der Waals surface area contributed by atoms with Crippen LogP contribution in [0.4, 0.5) is 5.69 Å². The minimum Gasteiger partial charge on any atom is -0.402 e. The third-order valence-electron chi connectivity index (χ3n) is 6.24. The molecule has 0 fully saturated rings. The lowest BCUT2D eigenvalue weighted by Gasteiger charge is -2.23. The maximum atomic E-state index is 5.84. The first-order chi connectivity index (χ1) is 20.9. The van der Waals surface area contributed by atoms with Crippen LogP contribution in [0.2, 0.25) is 0 Å². The normalized spacial score (nSPS) is 13.6. The predicted octanol–water partition coefficient (Wildman–Crippen LogP) is 9.00. The van der Waals surface area contributed by atoms with Crippen LogP contribution < -0.4 is 27.0 Å². The van der Waals surface area contributed by atoms with Crippen molar-refractivity contribution in [3.05, 3.63) is 88.6 Å². The summed E-state index contributed by atoms with van der Waals surface area (Å²) in [6.07, 6.45) is 12.1. The highest BCUT2D eigenvalue weighted by Crippen LogP contribution is 2.31. The van der Waals surface area contributed by atoms with Crippen molar-refractivity contribution < 1.29 is 0 Å². The van der Waals surface area contributed by atoms with Crippen molar-refractivity contribution in [3.63, 3.8) is 0 Å². The summed E-state index contributed by atoms with van der Waals surface area (Å²) in [6, 6.07) is 15.0. The van der Waals surface area contributed by atoms with E-state index >= 15 is 0 Å². The van der Waals surface area contributed by atoms with Gasteiger partial charge >= 0.3 is 0 Å². The fourth-order valence-electron chi connectivity index (χ4n) is 4.17. The van der Waals surface area contributed by atoms with Crippen molar-refractivity contribution in [3.8, 4) is 0 Å². The molecule has 246 valence electrons. The van der Waals surface area contributed by atoms with Gasteiger partial charge in [-0.05, 0) is 73.2 Å². The molecule has 2 aliphatic carbocycles. The van der Waals surface area contributed by atoms with Crippen LogP contribution in [0.15, 0.2) is 66.4 Å². The fourth-order valence-corrected chi connectivity index (χ4v) is 4.17. The number of nitrogens with one attached hydrogen (secondary N) is 2. The van der Waals surface area contributed by atoms with E-state index in [1.165, 1.54) is 46.4 Å². The lowest BCUT2D eigenvalue weighted by molar-refractivity contribution is 0.688. The fraction of sp³-hybridized carbons (Fsp3) is 0.526. The Morgan fingerprint density at radius 3 is 1.95 bits per heavy atom. The van der Waals surface area contributed by atoms with Gasteiger partial charge in [-0.2, -0.15) is 0 Å². The third kappa shape index (κ3) is 17.8. The summed E-state index contributed by atoms with van der Waals surface area (Å²) in [5.41, 5.74) is 20.2. The second kappa shape index (κ2) is 30.6. The second-order valence-electron chi connectivity index (χ2n) is 9.14. The zero-order chi connectivity index (χ0) is 33.6. The Bertz CT molecular complexity index is 989. The average molecular weight is 596 g/mol. The molecule has 2 aliphatic rings. The van der Waals surface area contributed by atoms with Gasteiger partial charge in [-0.1, -0.05) is 124 Å². The molecule has 4 rings (SSSR count). The minimum atomic E-state index is 0.468. The van der Waals surface area contributed by atoms with Gasteiger partial charge in [0, 0.05) is 44.3 Å². The van der Waals surface area contributed by atoms with E-state index in [4.69, 9.17) is 11.5 Å². The Morgan fingerprint density at radius 2 is 1.47 bits per heavy atom. The number of allylic oxidation sites excluding steroid dienone is 5. The maximum absolute atomic E-state index is 5.84. The number of nitrogens with two attached hydrogens (primary N) is 2. The number of hydrogen-bond donors (Lipinski definition) is 4. The smallest absolute Gasteiger partial charge is 0.0437 e. The maximum Gasteiger partial charge on any atom is 0.0437 e. The number of hydrogen-bond acceptors (Lipinski definition) is 5. The van der Waals surface area contributed by atoms with Crippen LogP contribution in [0.25, 0.3) is 11.6 Å². The highest BCUT2D eigenvalue weighted by atomic mass is 15.1. The number of nitrogens with zero attached hydrogens (tertiary/aromatic N) is 1. The Kier molecular flexibility index (Phi) is 31.7. The zero-order valence-electron chi connectivity index (χ0n) is 30.3. The van der Waals surface area contributed by atoms with Gasteiger partial charge in [0.25, 0.3) is 0 Å². The van der Waals surface area contributed by atoms with E-state index in [0.717, 1.165) is 25.2 Å². The monoisotopic (exact) mass is 596 g/mol. The van der Waals surface area contributed by atoms with Crippen molar-refractivity contribution in [1.29, 1.82) is 0 Å². The average Bonchev–Trinajstić information content (AvgIpc) is 3.09. The molecule has 1 unspecified atom stereocenters. The molecule has 0 aromatic heterocycles. The standard InChI is InChI=1S/C15H22N2.C13H15N.C2H8N2.4C2H6/c1-4-16-11-12-9-10-15(17(2)3)14-8-6-5-7-13(12)14;1-10-9-12(7-8-13(10)14)11-5-3-2-4-6-11;1-4-2-3;4*1-2/h6,8-10,16H,4-5,7,11H2,1-3H3;2-8,10H,9,14H2,1H3;4H,2-3H2,1H3;4*1-2H3. The molecule has 2 aromatic rings. The molecule has 0 spiro atoms. The molecule has 0 bridgehead atoms. The van der Waals surface area contributed by atoms with Gasteiger partial charge in [0.05, 0.1) is 0 Å². The first-order valence-electron chi connectivity index (χ1n) is 16.7. The molecule has 5 heteroatoms. The van der Waals surface area contributed by atoms with E-state index in [2.05, 4.69) is 98.1 Å². The number of rotatable bonds is 6. The highest BCUT2D eigenvalue weighted by molar-refractivity contribution is 5.73. The summed E-state index contributed by atoms with van der Waals surface area (Å²) in [5.74, 6) is 0.468. The van der Waals surface area contributed by atoms with Crippen LogP contribution in [0, 0.1) is 5.92 Å². The number of anilines is 1. The van der Waals surface area contributed by atoms with Crippen molar-refractivity contribution in [1.82, 2.24) is 10.6 Å². The van der Waals surface area contributed by atoms with Gasteiger partial charge in [-0.15, -0.1) is 0 Å². The van der Waals surface area contributed by atoms with E-state index in [1.54, 1.807) is 7.05 Å². The molecule has 5 nitrogen and oxygen atoms in total. The molecular formula is C38H69N5. The molecular weight excluding hydrogens is 526 g/mol. The third-order valence-corrected chi connectivity index (χ3v) is 6.24. The molecule has 0 aliphatic heterocycles. The van der Waals surface area contributed by atoms with E-state index in [9.17, 15) is 0 Å². The predicted molar refractivity (Wildman–Crippen MR) is 199 cm³/mol. The summed E-state index contributed by atoms with van der Waals surface area (Å²) >= 11 is 0. The summed E-state index contributed by atoms with van der Waals surface area (Å²) in [4.78, 5) is 2.20. The van der Waals surface area contributed by atoms with Crippen LogP contribution in [0.1, 0.15) is 104 Å². The molecule has 0 saturated heterocycles. The van der Waals surface area contributed by atoms with Crippen LogP contribution in [0.5, 0.6) is 0 Å². The SMILES string of the molecule is CC.CC.CC.CC.CC1CC(c2ccccc2)=CC=C1N.CCNCc1ccc(N(C)C)c2c1CCC=C2.CNCN. The van der Waals surface area contributed by atoms with Crippen LogP contribution in [-0.2, 0) is 13.0 Å². The Labute approximate surface area is 267 Å². The Hall–Kier alpha value is -2.86. The van der Waals surface area contributed by atoms with E-state index < -0.39 is 0 Å². The van der Waals surface area contributed by atoms with E-state index in [0.29, 0.717) is 12.6 Å². The Morgan fingerprint density at radius 1 is 0.884 bits per heavy atom. The van der Waals surface area contributed by atoms with Crippen molar-refractivity contribution in [2.75, 3.05) is 39.3 Å². The lowest BCUT2D eigenvalue weighted by Crippen LogP contribution is -2.17. The lowest BCUT2D eigenvalue weighted by atomic mass is 9.89. The highest BCUT2D eigenvalue weighted by Gasteiger charge is 2.15. The molecule has 2 aromatic carbocycles. The van der Waals surface area contributed by atoms with Gasteiger partial charge in [-0.25, -0.2) is 0 Å². The van der Waals surface area contributed by atoms with E-state index in [1.807, 2.05) is 67.5 Å².